The summed E-state index contributed by atoms with van der Waals surface area (Å²) < 4.78 is 10.4. The maximum Gasteiger partial charge on any atom is 0.296 e. The Bertz CT molecular complexity index is 1250. The second kappa shape index (κ2) is 9.75. The standard InChI is InChI=1S/C25H20Cl2N2O5/c1-33-17-8-6-14(7-9-17)21-20(22(30)15-11-18(26)24(34-2)19(27)12-15)23(31)25(32)29(21)13-16-5-3-4-10-28-16/h3-12,21,30H,13H2,1-2H3/b22-20+. The zero-order chi connectivity index (χ0) is 24.4. The van der Waals surface area contributed by atoms with E-state index in [1.807, 2.05) is 0 Å². The molecule has 1 aromatic heterocycles. The first kappa shape index (κ1) is 23.6. The van der Waals surface area contributed by atoms with Gasteiger partial charge in [0.1, 0.15) is 11.5 Å². The van der Waals surface area contributed by atoms with Crippen LogP contribution in [-0.4, -0.2) is 40.9 Å². The maximum absolute atomic E-state index is 13.2. The van der Waals surface area contributed by atoms with Gasteiger partial charge in [-0.25, -0.2) is 0 Å². The minimum atomic E-state index is -0.868. The largest absolute Gasteiger partial charge is 0.507 e. The number of Topliss-reactive ketones (excluding diaryl/α,β-unsaturated/α-hetero) is 1. The summed E-state index contributed by atoms with van der Waals surface area (Å²) in [5.41, 5.74) is 1.31. The molecule has 2 aromatic carbocycles. The average molecular weight is 499 g/mol. The van der Waals surface area contributed by atoms with Crippen molar-refractivity contribution >= 4 is 40.7 Å². The Kier molecular flexibility index (Phi) is 6.77. The number of likely N-dealkylation sites (tertiary alicyclic amines) is 1. The molecule has 1 aliphatic rings. The van der Waals surface area contributed by atoms with Gasteiger partial charge in [-0.2, -0.15) is 0 Å². The number of hydrogen-bond donors (Lipinski definition) is 1. The molecule has 1 saturated heterocycles. The van der Waals surface area contributed by atoms with Crippen molar-refractivity contribution in [3.8, 4) is 11.5 Å². The summed E-state index contributed by atoms with van der Waals surface area (Å²) in [5, 5.41) is 11.5. The fourth-order valence-corrected chi connectivity index (χ4v) is 4.53. The van der Waals surface area contributed by atoms with Gasteiger partial charge < -0.3 is 19.5 Å². The van der Waals surface area contributed by atoms with Gasteiger partial charge in [0.2, 0.25) is 0 Å². The van der Waals surface area contributed by atoms with Crippen molar-refractivity contribution in [3.05, 3.63) is 93.2 Å². The lowest BCUT2D eigenvalue weighted by molar-refractivity contribution is -0.140. The predicted octanol–water partition coefficient (Wildman–Crippen LogP) is 5.03. The lowest BCUT2D eigenvalue weighted by Crippen LogP contribution is -2.29. The van der Waals surface area contributed by atoms with Crippen LogP contribution in [0.5, 0.6) is 11.5 Å². The van der Waals surface area contributed by atoms with Gasteiger partial charge in [0.05, 0.1) is 48.1 Å². The summed E-state index contributed by atoms with van der Waals surface area (Å²) in [6.45, 7) is 0.0724. The fourth-order valence-electron chi connectivity index (χ4n) is 3.89. The van der Waals surface area contributed by atoms with Crippen molar-refractivity contribution in [1.82, 2.24) is 9.88 Å². The van der Waals surface area contributed by atoms with Gasteiger partial charge in [-0.15, -0.1) is 0 Å². The number of pyridine rings is 1. The minimum Gasteiger partial charge on any atom is -0.507 e. The van der Waals surface area contributed by atoms with Gasteiger partial charge in [0.15, 0.2) is 5.75 Å². The Hall–Kier alpha value is -3.55. The highest BCUT2D eigenvalue weighted by atomic mass is 35.5. The third-order valence-electron chi connectivity index (χ3n) is 5.51. The van der Waals surface area contributed by atoms with Crippen LogP contribution in [0.2, 0.25) is 10.0 Å². The number of methoxy groups -OCH3 is 2. The van der Waals surface area contributed by atoms with Crippen LogP contribution in [0.1, 0.15) is 22.9 Å². The Morgan fingerprint density at radius 1 is 1.03 bits per heavy atom. The molecule has 0 spiro atoms. The first-order valence-corrected chi connectivity index (χ1v) is 11.0. The van der Waals surface area contributed by atoms with Gasteiger partial charge in [0, 0.05) is 11.8 Å². The first-order valence-electron chi connectivity index (χ1n) is 10.2. The summed E-state index contributed by atoms with van der Waals surface area (Å²) >= 11 is 12.5. The van der Waals surface area contributed by atoms with Crippen LogP contribution in [0.25, 0.3) is 5.76 Å². The maximum atomic E-state index is 13.2. The zero-order valence-corrected chi connectivity index (χ0v) is 19.8. The van der Waals surface area contributed by atoms with Crippen LogP contribution in [0.4, 0.5) is 0 Å². The van der Waals surface area contributed by atoms with Crippen molar-refractivity contribution in [3.63, 3.8) is 0 Å². The fraction of sp³-hybridized carbons (Fsp3) is 0.160. The third kappa shape index (κ3) is 4.32. The monoisotopic (exact) mass is 498 g/mol. The number of carbonyl (C=O) groups is 2. The summed E-state index contributed by atoms with van der Waals surface area (Å²) in [6.07, 6.45) is 1.61. The highest BCUT2D eigenvalue weighted by molar-refractivity contribution is 6.46. The number of nitrogens with zero attached hydrogens (tertiary/aromatic N) is 2. The summed E-state index contributed by atoms with van der Waals surface area (Å²) in [5.74, 6) is -1.12. The Labute approximate surface area is 206 Å². The summed E-state index contributed by atoms with van der Waals surface area (Å²) in [6, 6.07) is 14.2. The first-order chi connectivity index (χ1) is 16.3. The molecular formula is C25H20Cl2N2O5. The van der Waals surface area contributed by atoms with Crippen LogP contribution in [0, 0.1) is 0 Å². The molecule has 1 amide bonds. The number of rotatable bonds is 6. The van der Waals surface area contributed by atoms with Gasteiger partial charge >= 0.3 is 0 Å². The van der Waals surface area contributed by atoms with E-state index >= 15 is 0 Å². The predicted molar refractivity (Wildman–Crippen MR) is 128 cm³/mol. The third-order valence-corrected chi connectivity index (χ3v) is 6.07. The van der Waals surface area contributed by atoms with E-state index in [4.69, 9.17) is 32.7 Å². The molecule has 3 aromatic rings. The lowest BCUT2D eigenvalue weighted by Gasteiger charge is -2.25. The lowest BCUT2D eigenvalue weighted by atomic mass is 9.95. The second-order valence-electron chi connectivity index (χ2n) is 7.49. The molecule has 1 aliphatic heterocycles. The number of benzene rings is 2. The summed E-state index contributed by atoms with van der Waals surface area (Å²) in [4.78, 5) is 31.9. The van der Waals surface area contributed by atoms with Gasteiger partial charge in [-0.3, -0.25) is 14.6 Å². The van der Waals surface area contributed by atoms with E-state index in [0.717, 1.165) is 0 Å². The van der Waals surface area contributed by atoms with Crippen molar-refractivity contribution in [1.29, 1.82) is 0 Å². The molecule has 2 heterocycles. The van der Waals surface area contributed by atoms with Crippen LogP contribution in [0.3, 0.4) is 0 Å². The minimum absolute atomic E-state index is 0.0724. The van der Waals surface area contributed by atoms with Crippen molar-refractivity contribution in [2.24, 2.45) is 0 Å². The highest BCUT2D eigenvalue weighted by Gasteiger charge is 2.46. The van der Waals surface area contributed by atoms with E-state index in [9.17, 15) is 14.7 Å². The van der Waals surface area contributed by atoms with Gasteiger partial charge in [0.25, 0.3) is 11.7 Å². The molecule has 1 unspecified atom stereocenters. The molecule has 0 saturated carbocycles. The molecule has 0 bridgehead atoms. The zero-order valence-electron chi connectivity index (χ0n) is 18.3. The van der Waals surface area contributed by atoms with Crippen LogP contribution >= 0.6 is 23.2 Å². The van der Waals surface area contributed by atoms with E-state index in [1.165, 1.54) is 24.1 Å². The molecule has 7 nitrogen and oxygen atoms in total. The van der Waals surface area contributed by atoms with E-state index in [0.29, 0.717) is 17.0 Å². The van der Waals surface area contributed by atoms with E-state index < -0.39 is 23.5 Å². The van der Waals surface area contributed by atoms with Crippen molar-refractivity contribution < 1.29 is 24.2 Å². The molecule has 1 N–H and O–H groups in total. The number of ketones is 1. The van der Waals surface area contributed by atoms with Gasteiger partial charge in [-0.05, 0) is 42.0 Å². The quantitative estimate of drug-likeness (QED) is 0.291. The van der Waals surface area contributed by atoms with E-state index in [-0.39, 0.29) is 33.5 Å². The number of amides is 1. The van der Waals surface area contributed by atoms with Crippen LogP contribution in [-0.2, 0) is 16.1 Å². The van der Waals surface area contributed by atoms with Crippen molar-refractivity contribution in [2.75, 3.05) is 14.2 Å². The number of aliphatic hydroxyl groups excluding tert-OH is 1. The second-order valence-corrected chi connectivity index (χ2v) is 8.31. The SMILES string of the molecule is COc1ccc(C2/C(=C(\O)c3cc(Cl)c(OC)c(Cl)c3)C(=O)C(=O)N2Cc2ccccn2)cc1. The van der Waals surface area contributed by atoms with Crippen LogP contribution < -0.4 is 9.47 Å². The molecule has 4 rings (SSSR count). The molecule has 0 aliphatic carbocycles. The molecule has 34 heavy (non-hydrogen) atoms. The highest BCUT2D eigenvalue weighted by Crippen LogP contribution is 2.42. The number of halogens is 2. The topological polar surface area (TPSA) is 89.0 Å². The Morgan fingerprint density at radius 3 is 2.26 bits per heavy atom. The molecular weight excluding hydrogens is 479 g/mol. The number of carbonyl (C=O) groups excluding carboxylic acids is 2. The van der Waals surface area contributed by atoms with Crippen molar-refractivity contribution in [2.45, 2.75) is 12.6 Å². The van der Waals surface area contributed by atoms with Gasteiger partial charge in [-0.1, -0.05) is 41.4 Å². The number of aliphatic hydroxyl groups is 1. The molecule has 174 valence electrons. The Morgan fingerprint density at radius 2 is 1.71 bits per heavy atom. The Balaban J connectivity index is 1.88. The summed E-state index contributed by atoms with van der Waals surface area (Å²) in [7, 11) is 2.96. The smallest absolute Gasteiger partial charge is 0.296 e. The molecule has 1 atom stereocenters. The molecule has 1 fully saturated rings. The molecule has 0 radical (unpaired) electrons. The normalized spacial score (nSPS) is 17.2. The van der Waals surface area contributed by atoms with E-state index in [1.54, 1.807) is 55.8 Å². The van der Waals surface area contributed by atoms with E-state index in [2.05, 4.69) is 4.98 Å². The number of hydrogen-bond acceptors (Lipinski definition) is 6. The number of ether oxygens (including phenoxy) is 2. The number of aromatic nitrogens is 1. The molecule has 9 heteroatoms. The average Bonchev–Trinajstić information content (AvgIpc) is 3.09. The van der Waals surface area contributed by atoms with Crippen LogP contribution in [0.15, 0.2) is 66.4 Å².